The Hall–Kier alpha value is -3.55. The zero-order valence-corrected chi connectivity index (χ0v) is 36.4. The largest absolute Gasteiger partial charge is 0.0774 e. The fraction of sp³-hybridized carbons (Fsp3) is 0.261. The van der Waals surface area contributed by atoms with Gasteiger partial charge in [-0.1, -0.05) is 184 Å². The van der Waals surface area contributed by atoms with Crippen LogP contribution in [0.2, 0.25) is 78.6 Å². The van der Waals surface area contributed by atoms with Crippen LogP contribution < -0.4 is 20.7 Å². The topological polar surface area (TPSA) is 0 Å². The normalized spacial score (nSPS) is 13.2. The minimum atomic E-state index is -1.59. The summed E-state index contributed by atoms with van der Waals surface area (Å²) in [4.78, 5) is 0. The maximum atomic E-state index is 2.59. The van der Waals surface area contributed by atoms with Crippen LogP contribution in [0.5, 0.6) is 0 Å². The van der Waals surface area contributed by atoms with Gasteiger partial charge in [-0.2, -0.15) is 0 Å². The summed E-state index contributed by atoms with van der Waals surface area (Å²) in [6, 6.07) is 42.9. The van der Waals surface area contributed by atoms with E-state index in [1.807, 2.05) is 0 Å². The molecule has 7 aromatic rings. The van der Waals surface area contributed by atoms with Crippen molar-refractivity contribution >= 4 is 96.1 Å². The van der Waals surface area contributed by atoms with E-state index in [-0.39, 0.29) is 0 Å². The number of hydrogen-bond donors (Lipinski definition) is 0. The second-order valence-electron chi connectivity index (χ2n) is 18.8. The van der Waals surface area contributed by atoms with Gasteiger partial charge < -0.3 is 0 Å². The molecular weight excluding hydrogens is 665 g/mol. The van der Waals surface area contributed by atoms with E-state index in [1.54, 1.807) is 20.7 Å². The highest BCUT2D eigenvalue weighted by Crippen LogP contribution is 2.46. The van der Waals surface area contributed by atoms with Crippen LogP contribution in [0.15, 0.2) is 109 Å². The van der Waals surface area contributed by atoms with Crippen molar-refractivity contribution in [2.24, 2.45) is 0 Å². The predicted molar refractivity (Wildman–Crippen MR) is 239 cm³/mol. The van der Waals surface area contributed by atoms with Gasteiger partial charge in [-0.15, -0.1) is 0 Å². The third kappa shape index (κ3) is 6.19. The summed E-state index contributed by atoms with van der Waals surface area (Å²) < 4.78 is 0. The quantitative estimate of drug-likeness (QED) is 0.119. The third-order valence-corrected chi connectivity index (χ3v) is 19.3. The molecule has 50 heavy (non-hydrogen) atoms. The molecule has 0 spiro atoms. The Morgan fingerprint density at radius 1 is 0.280 bits per heavy atom. The van der Waals surface area contributed by atoms with Crippen LogP contribution >= 0.6 is 0 Å². The highest BCUT2D eigenvalue weighted by atomic mass is 28.3. The smallest absolute Gasteiger partial charge is 0.0656 e. The second kappa shape index (κ2) is 12.0. The summed E-state index contributed by atoms with van der Waals surface area (Å²) in [6.07, 6.45) is 0. The summed E-state index contributed by atoms with van der Waals surface area (Å²) in [5.41, 5.74) is 5.28. The SMILES string of the molecule is C[Si](C)(C)c1cc2cc3c(-c4ccccc4)c4cc5cc([Si](C)(C)C)c([Si](C)(C)C)cc5cc4c(-c4ccccc4)c3cc2cc1[Si](C)(C)C. The first-order valence-electron chi connectivity index (χ1n) is 18.4. The minimum absolute atomic E-state index is 1.29. The number of hydrogen-bond acceptors (Lipinski definition) is 0. The van der Waals surface area contributed by atoms with Gasteiger partial charge in [0.1, 0.15) is 0 Å². The summed E-state index contributed by atoms with van der Waals surface area (Å²) in [7, 11) is -6.34. The Bertz CT molecular complexity index is 2130. The Morgan fingerprint density at radius 3 is 0.700 bits per heavy atom. The number of fused-ring (bicyclic) bond motifs is 4. The van der Waals surface area contributed by atoms with Crippen LogP contribution in [0.4, 0.5) is 0 Å². The van der Waals surface area contributed by atoms with Gasteiger partial charge in [0, 0.05) is 0 Å². The molecule has 0 atom stereocenters. The third-order valence-electron chi connectivity index (χ3n) is 10.7. The number of rotatable bonds is 6. The van der Waals surface area contributed by atoms with Gasteiger partial charge in [0.15, 0.2) is 0 Å². The van der Waals surface area contributed by atoms with Gasteiger partial charge in [-0.3, -0.25) is 0 Å². The zero-order valence-electron chi connectivity index (χ0n) is 32.4. The molecule has 0 aliphatic heterocycles. The first-order valence-corrected chi connectivity index (χ1v) is 32.4. The van der Waals surface area contributed by atoms with Gasteiger partial charge in [0.2, 0.25) is 0 Å². The molecule has 0 aliphatic rings. The molecule has 0 bridgehead atoms. The van der Waals surface area contributed by atoms with E-state index in [9.17, 15) is 0 Å². The van der Waals surface area contributed by atoms with Crippen molar-refractivity contribution < 1.29 is 0 Å². The molecule has 0 unspecified atom stereocenters. The van der Waals surface area contributed by atoms with Gasteiger partial charge in [0.05, 0.1) is 32.3 Å². The standard InChI is InChI=1S/C46H54Si4/c1-47(2,3)41-27-33-23-37-38(24-34(33)28-42(41)48(4,5)6)46(32-21-17-14-18-22-32)40-26-36-30-44(50(10,11)12)43(49(7,8)9)29-35(36)25-39(40)45(37)31-19-15-13-16-20-31/h13-30H,1-12H3. The molecule has 0 N–H and O–H groups in total. The van der Waals surface area contributed by atoms with Crippen molar-refractivity contribution in [3.63, 3.8) is 0 Å². The highest BCUT2D eigenvalue weighted by molar-refractivity contribution is 6.99. The molecule has 0 amide bonds. The molecule has 0 saturated carbocycles. The first kappa shape index (κ1) is 34.9. The summed E-state index contributed by atoms with van der Waals surface area (Å²) in [5, 5.41) is 17.4. The van der Waals surface area contributed by atoms with Crippen LogP contribution in [0.25, 0.3) is 65.3 Å². The van der Waals surface area contributed by atoms with Gasteiger partial charge >= 0.3 is 0 Å². The van der Waals surface area contributed by atoms with Crippen molar-refractivity contribution in [3.05, 3.63) is 109 Å². The molecule has 0 fully saturated rings. The summed E-state index contributed by atoms with van der Waals surface area (Å²) in [6.45, 7) is 30.2. The van der Waals surface area contributed by atoms with E-state index in [4.69, 9.17) is 0 Å². The van der Waals surface area contributed by atoms with Crippen molar-refractivity contribution in [1.82, 2.24) is 0 Å². The lowest BCUT2D eigenvalue weighted by atomic mass is 9.84. The fourth-order valence-electron chi connectivity index (χ4n) is 8.13. The van der Waals surface area contributed by atoms with Crippen LogP contribution in [-0.4, -0.2) is 32.3 Å². The lowest BCUT2D eigenvalue weighted by molar-refractivity contribution is 1.66. The number of benzene rings is 7. The summed E-state index contributed by atoms with van der Waals surface area (Å²) >= 11 is 0. The molecule has 7 rings (SSSR count). The Balaban J connectivity index is 1.74. The molecule has 254 valence electrons. The van der Waals surface area contributed by atoms with E-state index in [0.29, 0.717) is 0 Å². The Morgan fingerprint density at radius 2 is 0.500 bits per heavy atom. The van der Waals surface area contributed by atoms with Crippen LogP contribution in [0, 0.1) is 0 Å². The molecule has 4 heteroatoms. The van der Waals surface area contributed by atoms with Crippen LogP contribution in [0.1, 0.15) is 0 Å². The maximum Gasteiger partial charge on any atom is 0.0774 e. The van der Waals surface area contributed by atoms with E-state index >= 15 is 0 Å². The van der Waals surface area contributed by atoms with Gasteiger partial charge in [-0.05, 0) is 89.6 Å². The lowest BCUT2D eigenvalue weighted by Crippen LogP contribution is -2.56. The maximum absolute atomic E-state index is 2.59. The molecule has 0 nitrogen and oxygen atoms in total. The van der Waals surface area contributed by atoms with E-state index in [2.05, 4.69) is 188 Å². The minimum Gasteiger partial charge on any atom is -0.0656 e. The van der Waals surface area contributed by atoms with Crippen molar-refractivity contribution in [2.45, 2.75) is 78.6 Å². The van der Waals surface area contributed by atoms with Crippen LogP contribution in [-0.2, 0) is 0 Å². The van der Waals surface area contributed by atoms with E-state index in [1.165, 1.54) is 65.3 Å². The van der Waals surface area contributed by atoms with Crippen molar-refractivity contribution in [3.8, 4) is 22.3 Å². The van der Waals surface area contributed by atoms with Crippen molar-refractivity contribution in [2.75, 3.05) is 0 Å². The Labute approximate surface area is 304 Å². The monoisotopic (exact) mass is 718 g/mol. The Kier molecular flexibility index (Phi) is 8.38. The lowest BCUT2D eigenvalue weighted by Gasteiger charge is -2.29. The van der Waals surface area contributed by atoms with Crippen molar-refractivity contribution in [1.29, 1.82) is 0 Å². The molecule has 0 heterocycles. The molecule has 0 radical (unpaired) electrons. The fourth-order valence-corrected chi connectivity index (χ4v) is 18.5. The highest BCUT2D eigenvalue weighted by Gasteiger charge is 2.30. The van der Waals surface area contributed by atoms with E-state index in [0.717, 1.165) is 0 Å². The zero-order chi connectivity index (χ0) is 36.0. The first-order chi connectivity index (χ1) is 23.3. The average Bonchev–Trinajstić information content (AvgIpc) is 3.03. The average molecular weight is 719 g/mol. The van der Waals surface area contributed by atoms with Gasteiger partial charge in [0.25, 0.3) is 0 Å². The predicted octanol–water partition coefficient (Wildman–Crippen LogP) is 11.8. The molecule has 0 aromatic heterocycles. The second-order valence-corrected chi connectivity index (χ2v) is 38.9. The molecule has 0 aliphatic carbocycles. The summed E-state index contributed by atoms with van der Waals surface area (Å²) in [5.74, 6) is 0. The molecule has 0 saturated heterocycles. The van der Waals surface area contributed by atoms with Gasteiger partial charge in [-0.25, -0.2) is 0 Å². The van der Waals surface area contributed by atoms with E-state index < -0.39 is 32.3 Å². The molecular formula is C46H54Si4. The van der Waals surface area contributed by atoms with Crippen LogP contribution in [0.3, 0.4) is 0 Å². The molecule has 7 aromatic carbocycles.